The summed E-state index contributed by atoms with van der Waals surface area (Å²) in [4.78, 5) is 14.9. The Hall–Kier alpha value is -4.05. The van der Waals surface area contributed by atoms with E-state index in [2.05, 4.69) is 45.9 Å². The lowest BCUT2D eigenvalue weighted by Crippen LogP contribution is -2.42. The van der Waals surface area contributed by atoms with Crippen molar-refractivity contribution in [2.24, 2.45) is 0 Å². The first-order valence-electron chi connectivity index (χ1n) is 16.2. The fourth-order valence-electron chi connectivity index (χ4n) is 6.43. The number of aliphatic hydroxyl groups is 2. The molecule has 2 amide bonds. The average Bonchev–Trinajstić information content (AvgIpc) is 3.57. The van der Waals surface area contributed by atoms with Crippen LogP contribution in [0.2, 0.25) is 0 Å². The molecule has 2 fully saturated rings. The normalized spacial score (nSPS) is 21.6. The molecule has 240 valence electrons. The van der Waals surface area contributed by atoms with E-state index in [1.54, 1.807) is 0 Å². The number of hydrogen-bond donors (Lipinski definition) is 4. The Morgan fingerprint density at radius 1 is 0.783 bits per heavy atom. The van der Waals surface area contributed by atoms with Gasteiger partial charge in [0.2, 0.25) is 0 Å². The molecule has 6 rings (SSSR count). The number of amides is 2. The van der Waals surface area contributed by atoms with Crippen LogP contribution in [0.3, 0.4) is 0 Å². The number of carbonyl (C=O) groups is 1. The maximum atomic E-state index is 12.5. The molecule has 2 saturated heterocycles. The van der Waals surface area contributed by atoms with Crippen molar-refractivity contribution in [3.05, 3.63) is 131 Å². The Morgan fingerprint density at radius 3 is 2.26 bits per heavy atom. The SMILES string of the molecule is O=C(NCc1ccccc1)NCc1ccccc1-c1ccc(C2OC(CN3CCCC3CO)CC(c3ccc(CO)cc3)O2)cc1. The summed E-state index contributed by atoms with van der Waals surface area (Å²) in [5, 5.41) is 25.3. The highest BCUT2D eigenvalue weighted by atomic mass is 16.7. The lowest BCUT2D eigenvalue weighted by atomic mass is 9.97. The van der Waals surface area contributed by atoms with Gasteiger partial charge in [0.25, 0.3) is 0 Å². The number of carbonyl (C=O) groups excluding carboxylic acids is 1. The van der Waals surface area contributed by atoms with Crippen molar-refractivity contribution < 1.29 is 24.5 Å². The van der Waals surface area contributed by atoms with Gasteiger partial charge < -0.3 is 30.3 Å². The number of nitrogens with zero attached hydrogens (tertiary/aromatic N) is 1. The molecule has 0 saturated carbocycles. The molecule has 0 radical (unpaired) electrons. The van der Waals surface area contributed by atoms with E-state index in [9.17, 15) is 15.0 Å². The van der Waals surface area contributed by atoms with E-state index in [0.717, 1.165) is 64.9 Å². The molecule has 2 aliphatic heterocycles. The number of likely N-dealkylation sites (tertiary alicyclic amines) is 1. The molecule has 0 aliphatic carbocycles. The van der Waals surface area contributed by atoms with Crippen LogP contribution in [-0.4, -0.2) is 53.0 Å². The minimum atomic E-state index is -0.546. The zero-order chi connectivity index (χ0) is 31.7. The highest BCUT2D eigenvalue weighted by Gasteiger charge is 2.35. The molecular formula is C38H43N3O5. The Kier molecular flexibility index (Phi) is 10.7. The lowest BCUT2D eigenvalue weighted by molar-refractivity contribution is -0.253. The maximum Gasteiger partial charge on any atom is 0.315 e. The van der Waals surface area contributed by atoms with Gasteiger partial charge in [0.1, 0.15) is 0 Å². The molecule has 2 aliphatic rings. The Balaban J connectivity index is 1.15. The zero-order valence-corrected chi connectivity index (χ0v) is 26.1. The summed E-state index contributed by atoms with van der Waals surface area (Å²) < 4.78 is 13.1. The summed E-state index contributed by atoms with van der Waals surface area (Å²) in [6.07, 6.45) is 2.03. The summed E-state index contributed by atoms with van der Waals surface area (Å²) in [7, 11) is 0. The number of aliphatic hydroxyl groups excluding tert-OH is 2. The zero-order valence-electron chi connectivity index (χ0n) is 26.1. The number of nitrogens with one attached hydrogen (secondary N) is 2. The Morgan fingerprint density at radius 2 is 1.50 bits per heavy atom. The predicted molar refractivity (Wildman–Crippen MR) is 177 cm³/mol. The van der Waals surface area contributed by atoms with Crippen LogP contribution in [-0.2, 0) is 29.2 Å². The van der Waals surface area contributed by atoms with Crippen molar-refractivity contribution in [3.63, 3.8) is 0 Å². The molecule has 4 aromatic carbocycles. The minimum absolute atomic E-state index is 0.00463. The Bertz CT molecular complexity index is 1550. The number of urea groups is 1. The first-order valence-corrected chi connectivity index (χ1v) is 16.2. The van der Waals surface area contributed by atoms with Crippen molar-refractivity contribution in [2.45, 2.75) is 63.5 Å². The standard InChI is InChI=1S/C38H43N3O5/c42-25-28-12-14-30(15-13-28)36-21-34(24-41-20-6-10-33(41)26-43)45-37(46-36)31-18-16-29(17-19-31)35-11-5-4-9-32(35)23-40-38(44)39-22-27-7-2-1-3-8-27/h1-5,7-9,11-19,33-34,36-37,42-43H,6,10,20-26H2,(H2,39,40,44). The smallest absolute Gasteiger partial charge is 0.315 e. The second-order valence-electron chi connectivity index (χ2n) is 12.1. The first-order chi connectivity index (χ1) is 22.6. The van der Waals surface area contributed by atoms with Crippen LogP contribution in [0.4, 0.5) is 4.79 Å². The van der Waals surface area contributed by atoms with Gasteiger partial charge in [0.05, 0.1) is 25.4 Å². The van der Waals surface area contributed by atoms with Crippen molar-refractivity contribution in [3.8, 4) is 11.1 Å². The van der Waals surface area contributed by atoms with Crippen molar-refractivity contribution in [1.29, 1.82) is 0 Å². The Labute approximate surface area is 271 Å². The number of benzene rings is 4. The van der Waals surface area contributed by atoms with Gasteiger partial charge in [0.15, 0.2) is 6.29 Å². The van der Waals surface area contributed by atoms with Gasteiger partial charge in [-0.2, -0.15) is 0 Å². The van der Waals surface area contributed by atoms with Crippen LogP contribution in [0, 0.1) is 0 Å². The third-order valence-electron chi connectivity index (χ3n) is 9.01. The van der Waals surface area contributed by atoms with Crippen molar-refractivity contribution in [1.82, 2.24) is 15.5 Å². The monoisotopic (exact) mass is 621 g/mol. The van der Waals surface area contributed by atoms with Gasteiger partial charge in [-0.15, -0.1) is 0 Å². The fraction of sp³-hybridized carbons (Fsp3) is 0.342. The quantitative estimate of drug-likeness (QED) is 0.168. The fourth-order valence-corrected chi connectivity index (χ4v) is 6.43. The van der Waals surface area contributed by atoms with Gasteiger partial charge in [-0.1, -0.05) is 103 Å². The number of rotatable bonds is 11. The third kappa shape index (κ3) is 8.02. The summed E-state index contributed by atoms with van der Waals surface area (Å²) in [5.41, 5.74) is 7.01. The van der Waals surface area contributed by atoms with Crippen LogP contribution in [0.5, 0.6) is 0 Å². The highest BCUT2D eigenvalue weighted by molar-refractivity contribution is 5.75. The molecule has 2 heterocycles. The molecule has 8 heteroatoms. The molecule has 0 aromatic heterocycles. The maximum absolute atomic E-state index is 12.5. The average molecular weight is 622 g/mol. The van der Waals surface area contributed by atoms with Crippen LogP contribution in [0.15, 0.2) is 103 Å². The summed E-state index contributed by atoms with van der Waals surface area (Å²) in [5.74, 6) is 0. The van der Waals surface area contributed by atoms with E-state index in [4.69, 9.17) is 9.47 Å². The van der Waals surface area contributed by atoms with E-state index in [1.165, 1.54) is 0 Å². The van der Waals surface area contributed by atoms with E-state index >= 15 is 0 Å². The molecular weight excluding hydrogens is 578 g/mol. The number of hydrogen-bond acceptors (Lipinski definition) is 6. The van der Waals surface area contributed by atoms with E-state index in [0.29, 0.717) is 19.5 Å². The van der Waals surface area contributed by atoms with Crippen LogP contribution >= 0.6 is 0 Å². The van der Waals surface area contributed by atoms with Crippen LogP contribution in [0.25, 0.3) is 11.1 Å². The van der Waals surface area contributed by atoms with E-state index < -0.39 is 6.29 Å². The first kappa shape index (κ1) is 31.9. The molecule has 4 unspecified atom stereocenters. The predicted octanol–water partition coefficient (Wildman–Crippen LogP) is 5.85. The second kappa shape index (κ2) is 15.5. The molecule has 0 spiro atoms. The third-order valence-corrected chi connectivity index (χ3v) is 9.01. The summed E-state index contributed by atoms with van der Waals surface area (Å²) >= 11 is 0. The van der Waals surface area contributed by atoms with E-state index in [1.807, 2.05) is 72.8 Å². The highest BCUT2D eigenvalue weighted by Crippen LogP contribution is 2.39. The second-order valence-corrected chi connectivity index (χ2v) is 12.1. The van der Waals surface area contributed by atoms with Gasteiger partial charge in [-0.25, -0.2) is 4.79 Å². The van der Waals surface area contributed by atoms with Gasteiger partial charge in [-0.05, 0) is 52.8 Å². The van der Waals surface area contributed by atoms with Crippen molar-refractivity contribution in [2.75, 3.05) is 19.7 Å². The van der Waals surface area contributed by atoms with Crippen molar-refractivity contribution >= 4 is 6.03 Å². The number of ether oxygens (including phenoxy) is 2. The molecule has 4 atom stereocenters. The van der Waals surface area contributed by atoms with Crippen LogP contribution in [0.1, 0.15) is 59.5 Å². The molecule has 0 bridgehead atoms. The van der Waals surface area contributed by atoms with Gasteiger partial charge >= 0.3 is 6.03 Å². The minimum Gasteiger partial charge on any atom is -0.395 e. The topological polar surface area (TPSA) is 103 Å². The molecule has 8 nitrogen and oxygen atoms in total. The summed E-state index contributed by atoms with van der Waals surface area (Å²) in [6, 6.07) is 34.1. The molecule has 4 N–H and O–H groups in total. The van der Waals surface area contributed by atoms with Gasteiger partial charge in [-0.3, -0.25) is 4.90 Å². The van der Waals surface area contributed by atoms with Crippen LogP contribution < -0.4 is 10.6 Å². The lowest BCUT2D eigenvalue weighted by Gasteiger charge is -2.38. The van der Waals surface area contributed by atoms with E-state index in [-0.39, 0.29) is 37.5 Å². The molecule has 4 aromatic rings. The molecule has 46 heavy (non-hydrogen) atoms. The largest absolute Gasteiger partial charge is 0.395 e. The summed E-state index contributed by atoms with van der Waals surface area (Å²) in [6.45, 7) is 2.74. The van der Waals surface area contributed by atoms with Gasteiger partial charge in [0, 0.05) is 37.7 Å².